The summed E-state index contributed by atoms with van der Waals surface area (Å²) in [4.78, 5) is 11.9. The number of methoxy groups -OCH3 is 1. The average Bonchev–Trinajstić information content (AvgIpc) is 3.62. The van der Waals surface area contributed by atoms with E-state index < -0.39 is 0 Å². The second-order valence-corrected chi connectivity index (χ2v) is 9.93. The second-order valence-electron chi connectivity index (χ2n) is 9.93. The van der Waals surface area contributed by atoms with Gasteiger partial charge in [-0.2, -0.15) is 5.10 Å². The highest BCUT2D eigenvalue weighted by Gasteiger charge is 2.21. The van der Waals surface area contributed by atoms with Gasteiger partial charge in [0.25, 0.3) is 0 Å². The van der Waals surface area contributed by atoms with Gasteiger partial charge in [-0.05, 0) is 55.3 Å². The number of aromatic nitrogens is 4. The average molecular weight is 514 g/mol. The van der Waals surface area contributed by atoms with E-state index in [1.165, 1.54) is 25.7 Å². The Morgan fingerprint density at radius 3 is 2.63 bits per heavy atom. The number of rotatable bonds is 9. The summed E-state index contributed by atoms with van der Waals surface area (Å²) in [7, 11) is 1.68. The lowest BCUT2D eigenvalue weighted by molar-refractivity contribution is 0.0398. The Kier molecular flexibility index (Phi) is 7.37. The topological polar surface area (TPSA) is 88.8 Å². The number of hydrogen-bond donors (Lipinski definition) is 2. The number of morpholine rings is 1. The molecule has 1 aromatic carbocycles. The van der Waals surface area contributed by atoms with Gasteiger partial charge >= 0.3 is 0 Å². The lowest BCUT2D eigenvalue weighted by atomic mass is 10.0. The lowest BCUT2D eigenvalue weighted by Crippen LogP contribution is -2.39. The fourth-order valence-electron chi connectivity index (χ4n) is 5.39. The standard InChI is InChI=1S/C29H35N7O2/c1-37-23-11-9-21(10-12-23)28-27(24-13-14-31-29(33-24)32-22-5-2-3-6-22)25-7-4-8-26(36(25)34-28)30-15-16-35-17-19-38-20-18-35/h4,7-14,22,30H,2-3,5-6,15-20H2,1H3,(H,31,32,33). The third-order valence-corrected chi connectivity index (χ3v) is 7.46. The van der Waals surface area contributed by atoms with Gasteiger partial charge in [0.15, 0.2) is 0 Å². The maximum atomic E-state index is 5.48. The van der Waals surface area contributed by atoms with Gasteiger partial charge in [-0.15, -0.1) is 0 Å². The minimum atomic E-state index is 0.442. The Labute approximate surface area is 223 Å². The number of hydrogen-bond acceptors (Lipinski definition) is 8. The molecule has 2 fully saturated rings. The first-order valence-electron chi connectivity index (χ1n) is 13.6. The van der Waals surface area contributed by atoms with Gasteiger partial charge in [-0.25, -0.2) is 14.5 Å². The highest BCUT2D eigenvalue weighted by molar-refractivity contribution is 5.91. The molecule has 0 bridgehead atoms. The summed E-state index contributed by atoms with van der Waals surface area (Å²) in [5.41, 5.74) is 4.72. The van der Waals surface area contributed by atoms with Gasteiger partial charge in [0, 0.05) is 44.0 Å². The first-order chi connectivity index (χ1) is 18.8. The van der Waals surface area contributed by atoms with Crippen molar-refractivity contribution in [2.45, 2.75) is 31.7 Å². The quantitative estimate of drug-likeness (QED) is 0.337. The van der Waals surface area contributed by atoms with Crippen molar-refractivity contribution in [1.82, 2.24) is 24.5 Å². The van der Waals surface area contributed by atoms with Crippen molar-refractivity contribution >= 4 is 17.3 Å². The monoisotopic (exact) mass is 513 g/mol. The summed E-state index contributed by atoms with van der Waals surface area (Å²) in [5.74, 6) is 2.44. The van der Waals surface area contributed by atoms with E-state index in [9.17, 15) is 0 Å². The first kappa shape index (κ1) is 24.6. The van der Waals surface area contributed by atoms with Crippen LogP contribution in [0.1, 0.15) is 25.7 Å². The molecular formula is C29H35N7O2. The number of pyridine rings is 1. The summed E-state index contributed by atoms with van der Waals surface area (Å²) in [6, 6.07) is 16.7. The van der Waals surface area contributed by atoms with E-state index in [1.807, 2.05) is 28.9 Å². The molecule has 2 N–H and O–H groups in total. The molecule has 9 nitrogen and oxygen atoms in total. The third kappa shape index (κ3) is 5.30. The van der Waals surface area contributed by atoms with E-state index >= 15 is 0 Å². The molecule has 0 amide bonds. The van der Waals surface area contributed by atoms with Crippen LogP contribution in [0.4, 0.5) is 11.8 Å². The molecule has 1 saturated carbocycles. The largest absolute Gasteiger partial charge is 0.497 e. The van der Waals surface area contributed by atoms with Crippen LogP contribution in [0.3, 0.4) is 0 Å². The molecule has 0 unspecified atom stereocenters. The minimum absolute atomic E-state index is 0.442. The normalized spacial score (nSPS) is 16.7. The van der Waals surface area contributed by atoms with E-state index in [2.05, 4.69) is 50.8 Å². The molecule has 3 aromatic heterocycles. The summed E-state index contributed by atoms with van der Waals surface area (Å²) in [6.07, 6.45) is 6.69. The van der Waals surface area contributed by atoms with E-state index in [0.717, 1.165) is 79.0 Å². The molecule has 1 aliphatic heterocycles. The fourth-order valence-corrected chi connectivity index (χ4v) is 5.39. The van der Waals surface area contributed by atoms with Crippen molar-refractivity contribution < 1.29 is 9.47 Å². The molecule has 1 saturated heterocycles. The molecule has 38 heavy (non-hydrogen) atoms. The van der Waals surface area contributed by atoms with Gasteiger partial charge in [-0.1, -0.05) is 18.9 Å². The van der Waals surface area contributed by atoms with Crippen molar-refractivity contribution in [2.24, 2.45) is 0 Å². The van der Waals surface area contributed by atoms with Gasteiger partial charge < -0.3 is 20.1 Å². The van der Waals surface area contributed by atoms with Gasteiger partial charge in [0.2, 0.25) is 5.95 Å². The Bertz CT molecular complexity index is 1360. The highest BCUT2D eigenvalue weighted by Crippen LogP contribution is 2.36. The number of nitrogens with one attached hydrogen (secondary N) is 2. The first-order valence-corrected chi connectivity index (χ1v) is 13.6. The molecule has 1 aliphatic carbocycles. The number of ether oxygens (including phenoxy) is 2. The maximum absolute atomic E-state index is 5.48. The van der Waals surface area contributed by atoms with Crippen LogP contribution in [0.2, 0.25) is 0 Å². The number of nitrogens with zero attached hydrogens (tertiary/aromatic N) is 5. The summed E-state index contributed by atoms with van der Waals surface area (Å²) in [5, 5.41) is 12.3. The van der Waals surface area contributed by atoms with Crippen molar-refractivity contribution in [1.29, 1.82) is 0 Å². The highest BCUT2D eigenvalue weighted by atomic mass is 16.5. The summed E-state index contributed by atoms with van der Waals surface area (Å²) in [6.45, 7) is 5.35. The van der Waals surface area contributed by atoms with E-state index in [0.29, 0.717) is 12.0 Å². The molecule has 4 heterocycles. The van der Waals surface area contributed by atoms with E-state index in [1.54, 1.807) is 7.11 Å². The Balaban J connectivity index is 1.37. The molecule has 0 spiro atoms. The van der Waals surface area contributed by atoms with Gasteiger partial charge in [0.1, 0.15) is 17.3 Å². The number of anilines is 2. The van der Waals surface area contributed by atoms with Crippen LogP contribution in [-0.2, 0) is 4.74 Å². The van der Waals surface area contributed by atoms with Gasteiger partial charge in [0.05, 0.1) is 37.1 Å². The summed E-state index contributed by atoms with van der Waals surface area (Å²) >= 11 is 0. The molecule has 6 rings (SSSR count). The Morgan fingerprint density at radius 2 is 1.84 bits per heavy atom. The van der Waals surface area contributed by atoms with E-state index in [-0.39, 0.29) is 0 Å². The molecule has 9 heteroatoms. The molecule has 198 valence electrons. The zero-order chi connectivity index (χ0) is 25.7. The SMILES string of the molecule is COc1ccc(-c2nn3c(NCCN4CCOCC4)cccc3c2-c2ccnc(NC3CCCC3)n2)cc1. The smallest absolute Gasteiger partial charge is 0.223 e. The predicted molar refractivity (Wildman–Crippen MR) is 150 cm³/mol. The molecule has 0 radical (unpaired) electrons. The zero-order valence-corrected chi connectivity index (χ0v) is 21.9. The molecule has 2 aliphatic rings. The fraction of sp³-hybridized carbons (Fsp3) is 0.414. The van der Waals surface area contributed by atoms with Gasteiger partial charge in [-0.3, -0.25) is 4.90 Å². The number of benzene rings is 1. The summed E-state index contributed by atoms with van der Waals surface area (Å²) < 4.78 is 12.9. The third-order valence-electron chi connectivity index (χ3n) is 7.46. The van der Waals surface area contributed by atoms with Crippen molar-refractivity contribution in [3.63, 3.8) is 0 Å². The van der Waals surface area contributed by atoms with Crippen LogP contribution in [0.25, 0.3) is 28.0 Å². The van der Waals surface area contributed by atoms with Crippen LogP contribution < -0.4 is 15.4 Å². The Morgan fingerprint density at radius 1 is 1.03 bits per heavy atom. The lowest BCUT2D eigenvalue weighted by Gasteiger charge is -2.26. The molecule has 4 aromatic rings. The van der Waals surface area contributed by atoms with Crippen LogP contribution in [-0.4, -0.2) is 77.0 Å². The van der Waals surface area contributed by atoms with Crippen molar-refractivity contribution in [3.8, 4) is 28.3 Å². The minimum Gasteiger partial charge on any atom is -0.497 e. The Hall–Kier alpha value is -3.69. The van der Waals surface area contributed by atoms with Crippen LogP contribution >= 0.6 is 0 Å². The van der Waals surface area contributed by atoms with Crippen molar-refractivity contribution in [3.05, 3.63) is 54.7 Å². The van der Waals surface area contributed by atoms with E-state index in [4.69, 9.17) is 19.6 Å². The predicted octanol–water partition coefficient (Wildman–Crippen LogP) is 4.57. The number of fused-ring (bicyclic) bond motifs is 1. The maximum Gasteiger partial charge on any atom is 0.223 e. The molecular weight excluding hydrogens is 478 g/mol. The van der Waals surface area contributed by atoms with Crippen LogP contribution in [0.5, 0.6) is 5.75 Å². The molecule has 0 atom stereocenters. The zero-order valence-electron chi connectivity index (χ0n) is 21.9. The van der Waals surface area contributed by atoms with Crippen LogP contribution in [0.15, 0.2) is 54.7 Å². The second kappa shape index (κ2) is 11.4. The van der Waals surface area contributed by atoms with Crippen LogP contribution in [0, 0.1) is 0 Å². The van der Waals surface area contributed by atoms with Crippen molar-refractivity contribution in [2.75, 3.05) is 57.1 Å².